The number of piperazine rings is 1. The smallest absolute Gasteiger partial charge is 0.253 e. The summed E-state index contributed by atoms with van der Waals surface area (Å²) in [6.45, 7) is 3.21. The summed E-state index contributed by atoms with van der Waals surface area (Å²) in [5.74, 6) is 3.81. The maximum atomic E-state index is 13.1. The minimum atomic E-state index is 0.0398. The molecule has 4 aromatic carbocycles. The van der Waals surface area contributed by atoms with E-state index in [1.807, 2.05) is 95.9 Å². The number of benzene rings is 4. The van der Waals surface area contributed by atoms with Gasteiger partial charge >= 0.3 is 0 Å². The summed E-state index contributed by atoms with van der Waals surface area (Å²) in [5.41, 5.74) is 2.96. The fourth-order valence-corrected chi connectivity index (χ4v) is 5.00. The standard InChI is InChI=1S/C34H33N5O4/c1-38-17-19-39(20-18-38)34(40)24-11-9-23(10-12-24)32-36-29-22-31(42-3)30(41-2)21-28(29)33(37-32)35-25-13-15-27(16-14-25)43-26-7-5-4-6-8-26/h4-16,21-22H,17-20H2,1-3H3,(H,35,36,37). The Kier molecular flexibility index (Phi) is 8.06. The molecule has 2 heterocycles. The molecule has 0 aliphatic carbocycles. The number of anilines is 2. The molecule has 1 amide bonds. The summed E-state index contributed by atoms with van der Waals surface area (Å²) in [6.07, 6.45) is 0. The number of nitrogens with one attached hydrogen (secondary N) is 1. The predicted molar refractivity (Wildman–Crippen MR) is 168 cm³/mol. The van der Waals surface area contributed by atoms with E-state index in [9.17, 15) is 4.79 Å². The van der Waals surface area contributed by atoms with Gasteiger partial charge in [0.25, 0.3) is 5.91 Å². The second-order valence-electron chi connectivity index (χ2n) is 10.4. The van der Waals surface area contributed by atoms with Crippen molar-refractivity contribution in [3.8, 4) is 34.4 Å². The van der Waals surface area contributed by atoms with E-state index in [0.717, 1.165) is 54.3 Å². The molecule has 1 N–H and O–H groups in total. The zero-order valence-corrected chi connectivity index (χ0v) is 24.4. The third-order valence-corrected chi connectivity index (χ3v) is 7.48. The summed E-state index contributed by atoms with van der Waals surface area (Å²) in [5, 5.41) is 4.22. The molecule has 218 valence electrons. The second-order valence-corrected chi connectivity index (χ2v) is 10.4. The van der Waals surface area contributed by atoms with Crippen molar-refractivity contribution in [3.63, 3.8) is 0 Å². The molecular weight excluding hydrogens is 542 g/mol. The van der Waals surface area contributed by atoms with Gasteiger partial charge in [-0.25, -0.2) is 9.97 Å². The summed E-state index contributed by atoms with van der Waals surface area (Å²) in [4.78, 5) is 27.0. The monoisotopic (exact) mass is 575 g/mol. The van der Waals surface area contributed by atoms with Crippen LogP contribution in [0.1, 0.15) is 10.4 Å². The quantitative estimate of drug-likeness (QED) is 0.233. The van der Waals surface area contributed by atoms with Crippen LogP contribution in [0.2, 0.25) is 0 Å². The van der Waals surface area contributed by atoms with E-state index in [4.69, 9.17) is 24.2 Å². The molecule has 1 aromatic heterocycles. The first kappa shape index (κ1) is 28.0. The summed E-state index contributed by atoms with van der Waals surface area (Å²) >= 11 is 0. The zero-order valence-electron chi connectivity index (χ0n) is 24.4. The van der Waals surface area contributed by atoms with Gasteiger partial charge in [0.05, 0.1) is 19.7 Å². The minimum absolute atomic E-state index is 0.0398. The number of carbonyl (C=O) groups excluding carboxylic acids is 1. The molecule has 0 unspecified atom stereocenters. The third-order valence-electron chi connectivity index (χ3n) is 7.48. The van der Waals surface area contributed by atoms with Gasteiger partial charge in [0.15, 0.2) is 17.3 Å². The number of nitrogens with zero attached hydrogens (tertiary/aromatic N) is 4. The molecule has 0 saturated carbocycles. The van der Waals surface area contributed by atoms with E-state index in [1.165, 1.54) is 0 Å². The predicted octanol–water partition coefficient (Wildman–Crippen LogP) is 6.24. The average molecular weight is 576 g/mol. The molecule has 1 fully saturated rings. The number of aromatic nitrogens is 2. The maximum Gasteiger partial charge on any atom is 0.253 e. The van der Waals surface area contributed by atoms with Crippen molar-refractivity contribution in [2.24, 2.45) is 0 Å². The maximum absolute atomic E-state index is 13.1. The Labute approximate surface area is 250 Å². The molecular formula is C34H33N5O4. The van der Waals surface area contributed by atoms with Crippen LogP contribution >= 0.6 is 0 Å². The fraction of sp³-hybridized carbons (Fsp3) is 0.206. The second kappa shape index (κ2) is 12.4. The molecule has 6 rings (SSSR count). The fourth-order valence-electron chi connectivity index (χ4n) is 5.00. The number of fused-ring (bicyclic) bond motifs is 1. The molecule has 0 atom stereocenters. The van der Waals surface area contributed by atoms with Gasteiger partial charge in [-0.05, 0) is 61.6 Å². The first-order valence-corrected chi connectivity index (χ1v) is 14.1. The number of carbonyl (C=O) groups is 1. The van der Waals surface area contributed by atoms with Crippen LogP contribution in [-0.4, -0.2) is 73.1 Å². The summed E-state index contributed by atoms with van der Waals surface area (Å²) in [7, 11) is 5.27. The van der Waals surface area contributed by atoms with E-state index in [1.54, 1.807) is 14.2 Å². The zero-order chi connectivity index (χ0) is 29.8. The minimum Gasteiger partial charge on any atom is -0.493 e. The van der Waals surface area contributed by atoms with Crippen LogP contribution in [0.5, 0.6) is 23.0 Å². The molecule has 0 bridgehead atoms. The molecule has 0 radical (unpaired) electrons. The molecule has 1 aliphatic heterocycles. The van der Waals surface area contributed by atoms with Gasteiger partial charge in [0.2, 0.25) is 0 Å². The Morgan fingerprint density at radius 3 is 2.09 bits per heavy atom. The third kappa shape index (κ3) is 6.22. The van der Waals surface area contributed by atoms with Crippen molar-refractivity contribution < 1.29 is 19.0 Å². The van der Waals surface area contributed by atoms with Crippen LogP contribution in [-0.2, 0) is 0 Å². The van der Waals surface area contributed by atoms with E-state index in [-0.39, 0.29) is 5.91 Å². The summed E-state index contributed by atoms with van der Waals surface area (Å²) in [6, 6.07) is 28.5. The summed E-state index contributed by atoms with van der Waals surface area (Å²) < 4.78 is 17.1. The van der Waals surface area contributed by atoms with E-state index in [0.29, 0.717) is 34.2 Å². The van der Waals surface area contributed by atoms with Crippen molar-refractivity contribution in [2.75, 3.05) is 52.8 Å². The number of ether oxygens (including phenoxy) is 3. The Balaban J connectivity index is 1.31. The van der Waals surface area contributed by atoms with Gasteiger partial charge in [-0.3, -0.25) is 4.79 Å². The molecule has 43 heavy (non-hydrogen) atoms. The number of likely N-dealkylation sites (N-methyl/N-ethyl adjacent to an activating group) is 1. The highest BCUT2D eigenvalue weighted by atomic mass is 16.5. The Bertz CT molecular complexity index is 1720. The van der Waals surface area contributed by atoms with Crippen molar-refractivity contribution >= 4 is 28.3 Å². The van der Waals surface area contributed by atoms with Crippen LogP contribution in [0.15, 0.2) is 91.0 Å². The van der Waals surface area contributed by atoms with Crippen LogP contribution < -0.4 is 19.5 Å². The number of amides is 1. The van der Waals surface area contributed by atoms with Gasteiger partial charge in [-0.1, -0.05) is 30.3 Å². The van der Waals surface area contributed by atoms with Gasteiger partial charge < -0.3 is 29.3 Å². The normalized spacial score (nSPS) is 13.5. The molecule has 5 aromatic rings. The Morgan fingerprint density at radius 2 is 1.42 bits per heavy atom. The molecule has 9 heteroatoms. The van der Waals surface area contributed by atoms with E-state index in [2.05, 4.69) is 17.3 Å². The van der Waals surface area contributed by atoms with Gasteiger partial charge in [0, 0.05) is 54.4 Å². The lowest BCUT2D eigenvalue weighted by Gasteiger charge is -2.32. The molecule has 9 nitrogen and oxygen atoms in total. The average Bonchev–Trinajstić information content (AvgIpc) is 3.05. The number of rotatable bonds is 8. The number of para-hydroxylation sites is 1. The van der Waals surface area contributed by atoms with Crippen LogP contribution in [0.4, 0.5) is 11.5 Å². The Hall–Kier alpha value is -5.15. The van der Waals surface area contributed by atoms with Crippen molar-refractivity contribution in [3.05, 3.63) is 96.6 Å². The van der Waals surface area contributed by atoms with E-state index < -0.39 is 0 Å². The van der Waals surface area contributed by atoms with Crippen LogP contribution in [0, 0.1) is 0 Å². The van der Waals surface area contributed by atoms with Gasteiger partial charge in [0.1, 0.15) is 17.3 Å². The number of hydrogen-bond acceptors (Lipinski definition) is 8. The number of hydrogen-bond donors (Lipinski definition) is 1. The first-order valence-electron chi connectivity index (χ1n) is 14.1. The highest BCUT2D eigenvalue weighted by Gasteiger charge is 2.21. The SMILES string of the molecule is COc1cc2nc(-c3ccc(C(=O)N4CCN(C)CC4)cc3)nc(Nc3ccc(Oc4ccccc4)cc3)c2cc1OC. The van der Waals surface area contributed by atoms with E-state index >= 15 is 0 Å². The van der Waals surface area contributed by atoms with Crippen molar-refractivity contribution in [1.82, 2.24) is 19.8 Å². The lowest BCUT2D eigenvalue weighted by molar-refractivity contribution is 0.0664. The Morgan fingerprint density at radius 1 is 0.767 bits per heavy atom. The lowest BCUT2D eigenvalue weighted by atomic mass is 10.1. The van der Waals surface area contributed by atoms with Gasteiger partial charge in [-0.2, -0.15) is 0 Å². The molecule has 1 aliphatic rings. The van der Waals surface area contributed by atoms with Gasteiger partial charge in [-0.15, -0.1) is 0 Å². The van der Waals surface area contributed by atoms with Crippen molar-refractivity contribution in [1.29, 1.82) is 0 Å². The van der Waals surface area contributed by atoms with Crippen LogP contribution in [0.25, 0.3) is 22.3 Å². The largest absolute Gasteiger partial charge is 0.493 e. The molecule has 0 spiro atoms. The molecule has 1 saturated heterocycles. The van der Waals surface area contributed by atoms with Crippen molar-refractivity contribution in [2.45, 2.75) is 0 Å². The number of methoxy groups -OCH3 is 2. The first-order chi connectivity index (χ1) is 21.0. The highest BCUT2D eigenvalue weighted by Crippen LogP contribution is 2.36. The highest BCUT2D eigenvalue weighted by molar-refractivity contribution is 5.96. The topological polar surface area (TPSA) is 89.1 Å². The lowest BCUT2D eigenvalue weighted by Crippen LogP contribution is -2.47. The van der Waals surface area contributed by atoms with Crippen LogP contribution in [0.3, 0.4) is 0 Å².